The van der Waals surface area contributed by atoms with Gasteiger partial charge < -0.3 is 4.74 Å². The lowest BCUT2D eigenvalue weighted by molar-refractivity contribution is 0.403. The zero-order chi connectivity index (χ0) is 13.7. The molecule has 2 rings (SSSR count). The first-order valence-corrected chi connectivity index (χ1v) is 5.35. The Morgan fingerprint density at radius 1 is 1.32 bits per heavy atom. The van der Waals surface area contributed by atoms with Crippen LogP contribution >= 0.6 is 0 Å². The maximum atomic E-state index is 8.58. The number of rotatable bonds is 3. The predicted octanol–water partition coefficient (Wildman–Crippen LogP) is 2.06. The SMILES string of the molecule is COc1nccc2ccc(NN=C(C#N)C#N)cc12. The Kier molecular flexibility index (Phi) is 3.56. The number of pyridine rings is 1. The number of nitrogens with one attached hydrogen (secondary N) is 1. The zero-order valence-electron chi connectivity index (χ0n) is 10.1. The molecule has 0 fully saturated rings. The van der Waals surface area contributed by atoms with E-state index in [1.165, 1.54) is 0 Å². The highest BCUT2D eigenvalue weighted by molar-refractivity contribution is 6.10. The van der Waals surface area contributed by atoms with Crippen LogP contribution in [-0.4, -0.2) is 17.8 Å². The summed E-state index contributed by atoms with van der Waals surface area (Å²) in [6.45, 7) is 0. The molecule has 0 aliphatic rings. The number of fused-ring (bicyclic) bond motifs is 1. The molecule has 6 heteroatoms. The molecular weight excluding hydrogens is 242 g/mol. The maximum absolute atomic E-state index is 8.58. The summed E-state index contributed by atoms with van der Waals surface area (Å²) in [6, 6.07) is 10.7. The van der Waals surface area contributed by atoms with E-state index in [-0.39, 0.29) is 5.71 Å². The molecular formula is C13H9N5O. The standard InChI is InChI=1S/C13H9N5O/c1-19-13-12-6-10(17-18-11(7-14)8-15)3-2-9(12)4-5-16-13/h2-6,17H,1H3. The van der Waals surface area contributed by atoms with Gasteiger partial charge in [0.1, 0.15) is 12.1 Å². The first-order valence-electron chi connectivity index (χ1n) is 5.35. The van der Waals surface area contributed by atoms with Crippen molar-refractivity contribution in [3.8, 4) is 18.0 Å². The highest BCUT2D eigenvalue weighted by atomic mass is 16.5. The molecule has 0 bridgehead atoms. The summed E-state index contributed by atoms with van der Waals surface area (Å²) < 4.78 is 5.17. The number of benzene rings is 1. The molecule has 0 spiro atoms. The number of ether oxygens (including phenoxy) is 1. The summed E-state index contributed by atoms with van der Waals surface area (Å²) in [7, 11) is 1.55. The summed E-state index contributed by atoms with van der Waals surface area (Å²) in [5, 5.41) is 22.6. The predicted molar refractivity (Wildman–Crippen MR) is 70.6 cm³/mol. The number of aromatic nitrogens is 1. The van der Waals surface area contributed by atoms with Gasteiger partial charge in [0.25, 0.3) is 0 Å². The van der Waals surface area contributed by atoms with Gasteiger partial charge in [-0.25, -0.2) is 4.98 Å². The van der Waals surface area contributed by atoms with E-state index >= 15 is 0 Å². The number of hydrazone groups is 1. The van der Waals surface area contributed by atoms with Crippen LogP contribution in [0, 0.1) is 22.7 Å². The van der Waals surface area contributed by atoms with E-state index in [0.717, 1.165) is 10.8 Å². The summed E-state index contributed by atoms with van der Waals surface area (Å²) in [4.78, 5) is 4.10. The van der Waals surface area contributed by atoms with Gasteiger partial charge in [-0.3, -0.25) is 5.43 Å². The lowest BCUT2D eigenvalue weighted by Gasteiger charge is -2.06. The molecule has 19 heavy (non-hydrogen) atoms. The molecule has 1 heterocycles. The van der Waals surface area contributed by atoms with E-state index in [0.29, 0.717) is 11.6 Å². The lowest BCUT2D eigenvalue weighted by Crippen LogP contribution is -1.96. The van der Waals surface area contributed by atoms with Crippen molar-refractivity contribution < 1.29 is 4.74 Å². The second-order valence-corrected chi connectivity index (χ2v) is 3.55. The Morgan fingerprint density at radius 3 is 2.79 bits per heavy atom. The second-order valence-electron chi connectivity index (χ2n) is 3.55. The summed E-state index contributed by atoms with van der Waals surface area (Å²) in [5.74, 6) is 0.505. The molecule has 0 atom stereocenters. The van der Waals surface area contributed by atoms with Crippen molar-refractivity contribution in [3.63, 3.8) is 0 Å². The normalized spacial score (nSPS) is 9.21. The van der Waals surface area contributed by atoms with Gasteiger partial charge in [-0.15, -0.1) is 0 Å². The van der Waals surface area contributed by atoms with Crippen LogP contribution < -0.4 is 10.2 Å². The molecule has 1 N–H and O–H groups in total. The fourth-order valence-corrected chi connectivity index (χ4v) is 1.57. The average Bonchev–Trinajstić information content (AvgIpc) is 2.47. The fraction of sp³-hybridized carbons (Fsp3) is 0.0769. The van der Waals surface area contributed by atoms with Gasteiger partial charge in [0.05, 0.1) is 12.8 Å². The molecule has 0 amide bonds. The third kappa shape index (κ3) is 2.59. The maximum Gasteiger partial charge on any atom is 0.237 e. The topological polar surface area (TPSA) is 94.1 Å². The van der Waals surface area contributed by atoms with Crippen molar-refractivity contribution in [1.82, 2.24) is 4.98 Å². The molecule has 6 nitrogen and oxygen atoms in total. The molecule has 0 radical (unpaired) electrons. The Labute approximate surface area is 109 Å². The van der Waals surface area contributed by atoms with E-state index in [9.17, 15) is 0 Å². The van der Waals surface area contributed by atoms with Crippen molar-refractivity contribution in [2.45, 2.75) is 0 Å². The van der Waals surface area contributed by atoms with Crippen molar-refractivity contribution in [1.29, 1.82) is 10.5 Å². The number of hydrogen-bond acceptors (Lipinski definition) is 6. The molecule has 1 aromatic heterocycles. The average molecular weight is 251 g/mol. The minimum Gasteiger partial charge on any atom is -0.481 e. The van der Waals surface area contributed by atoms with Crippen LogP contribution in [0.3, 0.4) is 0 Å². The Hall–Kier alpha value is -3.12. The highest BCUT2D eigenvalue weighted by Gasteiger charge is 2.03. The van der Waals surface area contributed by atoms with Crippen molar-refractivity contribution in [3.05, 3.63) is 30.5 Å². The lowest BCUT2D eigenvalue weighted by atomic mass is 10.1. The van der Waals surface area contributed by atoms with Crippen LogP contribution in [0.15, 0.2) is 35.6 Å². The molecule has 92 valence electrons. The second kappa shape index (κ2) is 5.48. The van der Waals surface area contributed by atoms with E-state index in [4.69, 9.17) is 15.3 Å². The van der Waals surface area contributed by atoms with Crippen LogP contribution in [0.2, 0.25) is 0 Å². The van der Waals surface area contributed by atoms with Crippen LogP contribution in [0.1, 0.15) is 0 Å². The third-order valence-corrected chi connectivity index (χ3v) is 2.43. The van der Waals surface area contributed by atoms with Crippen molar-refractivity contribution in [2.24, 2.45) is 5.10 Å². The van der Waals surface area contributed by atoms with Crippen LogP contribution in [0.4, 0.5) is 5.69 Å². The number of nitrogens with zero attached hydrogens (tertiary/aromatic N) is 4. The number of hydrogen-bond donors (Lipinski definition) is 1. The van der Waals surface area contributed by atoms with Gasteiger partial charge in [0.15, 0.2) is 0 Å². The fourth-order valence-electron chi connectivity index (χ4n) is 1.57. The summed E-state index contributed by atoms with van der Waals surface area (Å²) in [5.41, 5.74) is 3.05. The highest BCUT2D eigenvalue weighted by Crippen LogP contribution is 2.25. The van der Waals surface area contributed by atoms with Gasteiger partial charge in [0.2, 0.25) is 11.6 Å². The van der Waals surface area contributed by atoms with Gasteiger partial charge in [-0.2, -0.15) is 15.6 Å². The van der Waals surface area contributed by atoms with Crippen LogP contribution in [0.25, 0.3) is 10.8 Å². The Balaban J connectivity index is 2.40. The zero-order valence-corrected chi connectivity index (χ0v) is 10.1. The third-order valence-electron chi connectivity index (χ3n) is 2.43. The number of methoxy groups -OCH3 is 1. The van der Waals surface area contributed by atoms with Gasteiger partial charge in [-0.1, -0.05) is 6.07 Å². The molecule has 0 saturated carbocycles. The molecule has 0 aliphatic carbocycles. The minimum absolute atomic E-state index is 0.238. The van der Waals surface area contributed by atoms with E-state index in [2.05, 4.69) is 15.5 Å². The van der Waals surface area contributed by atoms with E-state index in [1.54, 1.807) is 37.6 Å². The molecule has 0 saturated heterocycles. The van der Waals surface area contributed by atoms with Gasteiger partial charge >= 0.3 is 0 Å². The van der Waals surface area contributed by atoms with Gasteiger partial charge in [-0.05, 0) is 23.6 Å². The first kappa shape index (κ1) is 12.3. The molecule has 1 aromatic carbocycles. The quantitative estimate of drug-likeness (QED) is 0.665. The van der Waals surface area contributed by atoms with Crippen LogP contribution in [-0.2, 0) is 0 Å². The van der Waals surface area contributed by atoms with Crippen molar-refractivity contribution >= 4 is 22.2 Å². The molecule has 0 unspecified atom stereocenters. The van der Waals surface area contributed by atoms with E-state index in [1.807, 2.05) is 12.1 Å². The first-order chi connectivity index (χ1) is 9.28. The van der Waals surface area contributed by atoms with Crippen LogP contribution in [0.5, 0.6) is 5.88 Å². The molecule has 0 aliphatic heterocycles. The smallest absolute Gasteiger partial charge is 0.237 e. The van der Waals surface area contributed by atoms with E-state index < -0.39 is 0 Å². The number of nitriles is 2. The van der Waals surface area contributed by atoms with Crippen molar-refractivity contribution in [2.75, 3.05) is 12.5 Å². The van der Waals surface area contributed by atoms with Gasteiger partial charge in [0, 0.05) is 11.6 Å². The summed E-state index contributed by atoms with van der Waals surface area (Å²) >= 11 is 0. The minimum atomic E-state index is -0.238. The molecule has 2 aromatic rings. The Bertz CT molecular complexity index is 708. The largest absolute Gasteiger partial charge is 0.481 e. The Morgan fingerprint density at radius 2 is 2.11 bits per heavy atom. The number of anilines is 1. The monoisotopic (exact) mass is 251 g/mol. The summed E-state index contributed by atoms with van der Waals surface area (Å²) in [6.07, 6.45) is 1.66.